The molecule has 0 aliphatic heterocycles. The van der Waals surface area contributed by atoms with Gasteiger partial charge in [0.1, 0.15) is 11.2 Å². The summed E-state index contributed by atoms with van der Waals surface area (Å²) in [6.07, 6.45) is 0. The van der Waals surface area contributed by atoms with Gasteiger partial charge in [0.25, 0.3) is 0 Å². The van der Waals surface area contributed by atoms with Gasteiger partial charge in [-0.1, -0.05) is 121 Å². The molecule has 0 bridgehead atoms. The van der Waals surface area contributed by atoms with Gasteiger partial charge in [-0.3, -0.25) is 0 Å². The molecular weight excluding hydrogens is 621 g/mol. The summed E-state index contributed by atoms with van der Waals surface area (Å²) in [6.45, 7) is 0. The summed E-state index contributed by atoms with van der Waals surface area (Å²) < 4.78 is 27.6. The Labute approximate surface area is 296 Å². The van der Waals surface area contributed by atoms with E-state index in [0.717, 1.165) is 44.3 Å². The van der Waals surface area contributed by atoms with Crippen LogP contribution in [-0.2, 0) is 0 Å². The van der Waals surface area contributed by atoms with Gasteiger partial charge >= 0.3 is 0 Å². The fourth-order valence-corrected chi connectivity index (χ4v) is 8.22. The number of furan rings is 1. The lowest BCUT2D eigenvalue weighted by Gasteiger charge is -2.12. The lowest BCUT2D eigenvalue weighted by molar-refractivity contribution is 0.669. The summed E-state index contributed by atoms with van der Waals surface area (Å²) in [6, 6.07) is 60.0. The van der Waals surface area contributed by atoms with Crippen LogP contribution in [0.5, 0.6) is 0 Å². The van der Waals surface area contributed by atoms with Crippen molar-refractivity contribution in [3.63, 3.8) is 0 Å². The highest BCUT2D eigenvalue weighted by Crippen LogP contribution is 2.43. The normalized spacial score (nSPS) is 12.5. The molecule has 8 aromatic carbocycles. The lowest BCUT2D eigenvalue weighted by atomic mass is 9.99. The van der Waals surface area contributed by atoms with E-state index in [-0.39, 0.29) is 12.1 Å². The number of hydrogen-bond donors (Lipinski definition) is 0. The molecule has 0 amide bonds. The summed E-state index contributed by atoms with van der Waals surface area (Å²) in [7, 11) is 0. The zero-order chi connectivity index (χ0) is 35.2. The Morgan fingerprint density at radius 1 is 0.392 bits per heavy atom. The molecule has 238 valence electrons. The molecule has 0 saturated carbocycles. The predicted molar refractivity (Wildman–Crippen MR) is 213 cm³/mol. The number of aromatic nitrogens is 2. The second kappa shape index (κ2) is 10.8. The van der Waals surface area contributed by atoms with Crippen LogP contribution in [-0.4, -0.2) is 9.13 Å². The molecule has 0 aliphatic rings. The van der Waals surface area contributed by atoms with Crippen molar-refractivity contribution in [1.82, 2.24) is 9.13 Å². The standard InChI is InChI=1S/C48H30N2O/c1-2-12-31(13-3-1)32-24-26-34(27-25-32)49-40-20-7-4-16-37(40)47-42(49)28-29-43-48(47)38-17-5-8-21-41(38)50(43)35-15-10-14-33(30-35)36-19-11-23-45-46(36)39-18-6-9-22-44(39)51-45/h1-30H/i9D,22D. The minimum absolute atomic E-state index is 0.112. The zero-order valence-corrected chi connectivity index (χ0v) is 27.5. The first-order valence-electron chi connectivity index (χ1n) is 18.3. The molecule has 51 heavy (non-hydrogen) atoms. The Kier molecular flexibility index (Phi) is 5.54. The minimum atomic E-state index is 0.112. The van der Waals surface area contributed by atoms with E-state index in [9.17, 15) is 0 Å². The molecule has 0 aliphatic carbocycles. The van der Waals surface area contributed by atoms with Crippen molar-refractivity contribution in [3.8, 4) is 33.6 Å². The Morgan fingerprint density at radius 3 is 1.75 bits per heavy atom. The molecule has 0 radical (unpaired) electrons. The summed E-state index contributed by atoms with van der Waals surface area (Å²) in [5.74, 6) is 0. The minimum Gasteiger partial charge on any atom is -0.456 e. The van der Waals surface area contributed by atoms with Crippen molar-refractivity contribution in [2.75, 3.05) is 0 Å². The third-order valence-electron chi connectivity index (χ3n) is 10.4. The molecule has 3 nitrogen and oxygen atoms in total. The van der Waals surface area contributed by atoms with Gasteiger partial charge in [0.15, 0.2) is 0 Å². The molecule has 0 atom stereocenters. The first-order valence-corrected chi connectivity index (χ1v) is 17.3. The second-order valence-electron chi connectivity index (χ2n) is 13.1. The SMILES string of the molecule is [2H]c1ccc2c(oc3cccc(-c4cccc(-n5c6ccccc6c6c7c8ccccc8n(-c8ccc(-c9ccccc9)cc8)c7ccc65)c4)c32)c1[2H]. The van der Waals surface area contributed by atoms with Crippen molar-refractivity contribution in [3.05, 3.63) is 182 Å². The summed E-state index contributed by atoms with van der Waals surface area (Å²) in [5.41, 5.74) is 12.5. The van der Waals surface area contributed by atoms with Crippen LogP contribution in [0.4, 0.5) is 0 Å². The van der Waals surface area contributed by atoms with Crippen LogP contribution in [0.1, 0.15) is 2.74 Å². The van der Waals surface area contributed by atoms with Gasteiger partial charge in [0, 0.05) is 43.7 Å². The average Bonchev–Trinajstić information content (AvgIpc) is 3.88. The van der Waals surface area contributed by atoms with E-state index >= 15 is 0 Å². The highest BCUT2D eigenvalue weighted by molar-refractivity contribution is 6.29. The van der Waals surface area contributed by atoms with Crippen LogP contribution in [0.2, 0.25) is 0 Å². The molecule has 11 aromatic rings. The fraction of sp³-hybridized carbons (Fsp3) is 0. The van der Waals surface area contributed by atoms with Gasteiger partial charge in [-0.25, -0.2) is 0 Å². The number of para-hydroxylation sites is 3. The topological polar surface area (TPSA) is 23.0 Å². The maximum atomic E-state index is 8.49. The molecule has 0 saturated heterocycles. The fourth-order valence-electron chi connectivity index (χ4n) is 8.22. The smallest absolute Gasteiger partial charge is 0.136 e. The monoisotopic (exact) mass is 652 g/mol. The Morgan fingerprint density at radius 2 is 1.00 bits per heavy atom. The molecule has 0 spiro atoms. The Balaban J connectivity index is 1.14. The summed E-state index contributed by atoms with van der Waals surface area (Å²) >= 11 is 0. The van der Waals surface area contributed by atoms with E-state index in [4.69, 9.17) is 7.16 Å². The van der Waals surface area contributed by atoms with E-state index in [0.29, 0.717) is 11.2 Å². The third-order valence-corrected chi connectivity index (χ3v) is 10.4. The van der Waals surface area contributed by atoms with Crippen LogP contribution in [0.3, 0.4) is 0 Å². The van der Waals surface area contributed by atoms with Crippen molar-refractivity contribution in [1.29, 1.82) is 0 Å². The highest BCUT2D eigenvalue weighted by atomic mass is 16.3. The van der Waals surface area contributed by atoms with E-state index in [1.54, 1.807) is 6.07 Å². The molecule has 0 fully saturated rings. The van der Waals surface area contributed by atoms with Crippen LogP contribution < -0.4 is 0 Å². The van der Waals surface area contributed by atoms with E-state index in [2.05, 4.69) is 155 Å². The predicted octanol–water partition coefficient (Wildman–Crippen LogP) is 13.1. The highest BCUT2D eigenvalue weighted by Gasteiger charge is 2.21. The van der Waals surface area contributed by atoms with Crippen LogP contribution >= 0.6 is 0 Å². The Bertz CT molecular complexity index is 3240. The Hall–Kier alpha value is -6.84. The quantitative estimate of drug-likeness (QED) is 0.186. The molecule has 0 N–H and O–H groups in total. The zero-order valence-electron chi connectivity index (χ0n) is 29.5. The number of nitrogens with zero attached hydrogens (tertiary/aromatic N) is 2. The third kappa shape index (κ3) is 4.12. The van der Waals surface area contributed by atoms with Crippen LogP contribution in [0.15, 0.2) is 186 Å². The summed E-state index contributed by atoms with van der Waals surface area (Å²) in [5, 5.41) is 6.72. The number of hydrogen-bond acceptors (Lipinski definition) is 1. The molecule has 3 aromatic heterocycles. The number of rotatable bonds is 4. The van der Waals surface area contributed by atoms with Gasteiger partial charge in [-0.15, -0.1) is 0 Å². The first kappa shape index (κ1) is 26.1. The van der Waals surface area contributed by atoms with E-state index in [1.807, 2.05) is 18.2 Å². The van der Waals surface area contributed by atoms with Gasteiger partial charge in [0.05, 0.1) is 24.8 Å². The average molecular weight is 653 g/mol. The molecule has 3 heteroatoms. The molecular formula is C48H30N2O. The first-order chi connectivity index (χ1) is 26.1. The van der Waals surface area contributed by atoms with Gasteiger partial charge < -0.3 is 13.6 Å². The molecule has 3 heterocycles. The molecule has 11 rings (SSSR count). The van der Waals surface area contributed by atoms with Crippen molar-refractivity contribution < 1.29 is 7.16 Å². The molecule has 0 unspecified atom stereocenters. The maximum absolute atomic E-state index is 8.49. The van der Waals surface area contributed by atoms with Gasteiger partial charge in [-0.05, 0) is 82.9 Å². The van der Waals surface area contributed by atoms with E-state index in [1.165, 1.54) is 43.7 Å². The van der Waals surface area contributed by atoms with Crippen molar-refractivity contribution >= 4 is 65.6 Å². The largest absolute Gasteiger partial charge is 0.456 e. The van der Waals surface area contributed by atoms with Crippen molar-refractivity contribution in [2.45, 2.75) is 0 Å². The van der Waals surface area contributed by atoms with Gasteiger partial charge in [0.2, 0.25) is 0 Å². The van der Waals surface area contributed by atoms with Crippen molar-refractivity contribution in [2.24, 2.45) is 0 Å². The lowest BCUT2D eigenvalue weighted by Crippen LogP contribution is -1.95. The van der Waals surface area contributed by atoms with Crippen LogP contribution in [0.25, 0.3) is 99.2 Å². The summed E-state index contributed by atoms with van der Waals surface area (Å²) in [4.78, 5) is 0. The number of fused-ring (bicyclic) bond motifs is 10. The van der Waals surface area contributed by atoms with Crippen LogP contribution in [0, 0.1) is 0 Å². The van der Waals surface area contributed by atoms with E-state index < -0.39 is 0 Å². The second-order valence-corrected chi connectivity index (χ2v) is 13.1. The maximum Gasteiger partial charge on any atom is 0.136 e. The number of benzene rings is 8. The van der Waals surface area contributed by atoms with Gasteiger partial charge in [-0.2, -0.15) is 0 Å².